The maximum atomic E-state index is 14.8. The van der Waals surface area contributed by atoms with E-state index in [4.69, 9.17) is 23.7 Å². The van der Waals surface area contributed by atoms with E-state index in [1.165, 1.54) is 39.8 Å². The van der Waals surface area contributed by atoms with Crippen LogP contribution in [0.25, 0.3) is 0 Å². The van der Waals surface area contributed by atoms with Crippen LogP contribution in [0.1, 0.15) is 90.2 Å². The van der Waals surface area contributed by atoms with Gasteiger partial charge < -0.3 is 49.4 Å². The number of ketones is 1. The Kier molecular flexibility index (Phi) is 11.2. The summed E-state index contributed by atoms with van der Waals surface area (Å²) in [5, 5.41) is 51.7. The number of aliphatic hydroxyl groups is 4. The number of hydrogen-bond donors (Lipinski definition) is 5. The van der Waals surface area contributed by atoms with Crippen molar-refractivity contribution in [2.24, 2.45) is 16.7 Å². The summed E-state index contributed by atoms with van der Waals surface area (Å²) in [5.74, 6) is -5.32. The Morgan fingerprint density at radius 3 is 2.10 bits per heavy atom. The third-order valence-electron chi connectivity index (χ3n) is 12.6. The van der Waals surface area contributed by atoms with E-state index in [-0.39, 0.29) is 29.7 Å². The molecule has 0 spiro atoms. The average molecular weight is 808 g/mol. The molecule has 0 aromatic heterocycles. The predicted octanol–water partition coefficient (Wildman–Crippen LogP) is 3.26. The number of ether oxygens (including phenoxy) is 5. The molecule has 4 aliphatic rings. The van der Waals surface area contributed by atoms with Crippen LogP contribution in [0.2, 0.25) is 0 Å². The van der Waals surface area contributed by atoms with Crippen LogP contribution in [-0.4, -0.2) is 110 Å². The first-order valence-corrected chi connectivity index (χ1v) is 19.3. The molecule has 2 aromatic carbocycles. The van der Waals surface area contributed by atoms with E-state index in [1.807, 2.05) is 0 Å². The molecule has 2 aromatic rings. The second-order valence-electron chi connectivity index (χ2n) is 17.6. The second kappa shape index (κ2) is 15.2. The van der Waals surface area contributed by atoms with Gasteiger partial charge in [0.2, 0.25) is 0 Å². The summed E-state index contributed by atoms with van der Waals surface area (Å²) in [6.45, 7) is 11.8. The molecule has 314 valence electrons. The molecule has 3 fully saturated rings. The monoisotopic (exact) mass is 807 g/mol. The lowest BCUT2D eigenvalue weighted by Crippen LogP contribution is -2.82. The van der Waals surface area contributed by atoms with Gasteiger partial charge in [0.1, 0.15) is 35.6 Å². The number of nitrogens with one attached hydrogen (secondary N) is 1. The number of rotatable bonds is 8. The molecule has 58 heavy (non-hydrogen) atoms. The maximum absolute atomic E-state index is 14.8. The molecule has 5 N–H and O–H groups in total. The minimum Gasteiger partial charge on any atom is -0.456 e. The number of hydrogen-bond acceptors (Lipinski definition) is 14. The highest BCUT2D eigenvalue weighted by Gasteiger charge is 2.78. The van der Waals surface area contributed by atoms with Gasteiger partial charge in [-0.1, -0.05) is 69.3 Å². The number of fused-ring (bicyclic) bond motifs is 5. The van der Waals surface area contributed by atoms with Crippen molar-refractivity contribution in [2.45, 2.75) is 128 Å². The number of aliphatic hydroxyl groups excluding tert-OH is 3. The molecule has 1 amide bonds. The molecule has 2 bridgehead atoms. The Hall–Kier alpha value is -4.67. The molecular weight excluding hydrogens is 754 g/mol. The van der Waals surface area contributed by atoms with Crippen molar-refractivity contribution in [2.75, 3.05) is 6.61 Å². The molecular formula is C43H53NO14. The van der Waals surface area contributed by atoms with E-state index < -0.39 is 112 Å². The molecule has 4 unspecified atom stereocenters. The van der Waals surface area contributed by atoms with E-state index in [0.717, 1.165) is 6.92 Å². The second-order valence-corrected chi connectivity index (χ2v) is 17.6. The molecule has 1 saturated heterocycles. The fraction of sp³-hybridized carbons (Fsp3) is 0.558. The smallest absolute Gasteiger partial charge is 0.408 e. The van der Waals surface area contributed by atoms with Gasteiger partial charge in [-0.3, -0.25) is 9.59 Å². The van der Waals surface area contributed by atoms with Gasteiger partial charge in [0.05, 0.1) is 30.2 Å². The standard InChI is InChI=1S/C43H53NO14/c1-22-26(55-37(51)32(48)30(24-15-11-9-12-16-24)44-38(52)58-39(3,4)5)20-43(53)35(56-36(50)25-17-13-10-14-18-25)33-41(8,34(49)31(47)29(22)40(43,6)7)27(46)19-28-42(33,21-54-28)57-23(2)45/h9-18,26-28,30,32-35,46,48-49,53H,19-21H2,1-8H3,(H,44,52)/t26?,27-,28+,30-,32+,33?,34?,35?,41+,42-,43+/m0/s1. The van der Waals surface area contributed by atoms with E-state index in [1.54, 1.807) is 69.3 Å². The van der Waals surface area contributed by atoms with Gasteiger partial charge in [-0.05, 0) is 51.0 Å². The number of amides is 1. The molecule has 0 radical (unpaired) electrons. The lowest BCUT2D eigenvalue weighted by Gasteiger charge is -2.68. The fourth-order valence-corrected chi connectivity index (χ4v) is 9.54. The van der Waals surface area contributed by atoms with Gasteiger partial charge in [0, 0.05) is 36.2 Å². The maximum Gasteiger partial charge on any atom is 0.408 e. The van der Waals surface area contributed by atoms with Crippen molar-refractivity contribution in [1.29, 1.82) is 0 Å². The lowest BCUT2D eigenvalue weighted by atomic mass is 9.44. The van der Waals surface area contributed by atoms with E-state index in [0.29, 0.717) is 5.56 Å². The zero-order valence-electron chi connectivity index (χ0n) is 33.9. The average Bonchev–Trinajstić information content (AvgIpc) is 3.14. The Balaban J connectivity index is 1.49. The Bertz CT molecular complexity index is 1980. The molecule has 2 saturated carbocycles. The molecule has 1 aliphatic heterocycles. The van der Waals surface area contributed by atoms with E-state index >= 15 is 0 Å². The summed E-state index contributed by atoms with van der Waals surface area (Å²) < 4.78 is 29.5. The van der Waals surface area contributed by atoms with Gasteiger partial charge in [0.15, 0.2) is 17.5 Å². The molecule has 1 heterocycles. The first-order valence-electron chi connectivity index (χ1n) is 19.3. The van der Waals surface area contributed by atoms with Crippen molar-refractivity contribution in [3.63, 3.8) is 0 Å². The summed E-state index contributed by atoms with van der Waals surface area (Å²) in [4.78, 5) is 68.8. The Morgan fingerprint density at radius 1 is 0.948 bits per heavy atom. The van der Waals surface area contributed by atoms with Crippen LogP contribution >= 0.6 is 0 Å². The zero-order valence-corrected chi connectivity index (χ0v) is 33.9. The van der Waals surface area contributed by atoms with Crippen molar-refractivity contribution in [1.82, 2.24) is 5.32 Å². The summed E-state index contributed by atoms with van der Waals surface area (Å²) >= 11 is 0. The first kappa shape index (κ1) is 42.9. The Labute approximate surface area is 336 Å². The SMILES string of the molecule is CC(=O)O[C@@]12CO[C@@H]1C[C@H](O)[C@@]1(C)C(O)C(=O)C3=C(C)C(OC(=O)[C@H](O)[C@@H](NC(=O)OC(C)(C)C)c4ccccc4)C[C@@](O)(C(OC(=O)c4ccccc4)C12)C3(C)C. The number of carbonyl (C=O) groups is 5. The molecule has 15 heteroatoms. The first-order chi connectivity index (χ1) is 27.0. The van der Waals surface area contributed by atoms with Gasteiger partial charge >= 0.3 is 24.0 Å². The number of benzene rings is 2. The van der Waals surface area contributed by atoms with Crippen LogP contribution in [0.4, 0.5) is 4.79 Å². The van der Waals surface area contributed by atoms with Crippen molar-refractivity contribution in [3.05, 3.63) is 82.9 Å². The van der Waals surface area contributed by atoms with Crippen molar-refractivity contribution >= 4 is 29.8 Å². The zero-order chi connectivity index (χ0) is 42.7. The number of esters is 3. The van der Waals surface area contributed by atoms with Gasteiger partial charge in [0.25, 0.3) is 0 Å². The quantitative estimate of drug-likeness (QED) is 0.191. The van der Waals surface area contributed by atoms with Crippen LogP contribution < -0.4 is 5.32 Å². The topological polar surface area (TPSA) is 224 Å². The summed E-state index contributed by atoms with van der Waals surface area (Å²) in [6, 6.07) is 14.6. The van der Waals surface area contributed by atoms with Crippen LogP contribution in [0, 0.1) is 16.7 Å². The Morgan fingerprint density at radius 2 is 1.55 bits per heavy atom. The van der Waals surface area contributed by atoms with Crippen LogP contribution in [0.3, 0.4) is 0 Å². The molecule has 6 rings (SSSR count). The summed E-state index contributed by atoms with van der Waals surface area (Å²) in [6.07, 6.45) is -11.4. The third kappa shape index (κ3) is 7.10. The minimum atomic E-state index is -2.37. The largest absolute Gasteiger partial charge is 0.456 e. The lowest BCUT2D eigenvalue weighted by molar-refractivity contribution is -0.357. The van der Waals surface area contributed by atoms with Crippen LogP contribution in [0.15, 0.2) is 71.8 Å². The predicted molar refractivity (Wildman–Crippen MR) is 204 cm³/mol. The van der Waals surface area contributed by atoms with Crippen molar-refractivity contribution in [3.8, 4) is 0 Å². The highest BCUT2D eigenvalue weighted by molar-refractivity contribution is 6.02. The van der Waals surface area contributed by atoms with Crippen molar-refractivity contribution < 1.29 is 68.1 Å². The minimum absolute atomic E-state index is 0.0851. The highest BCUT2D eigenvalue weighted by Crippen LogP contribution is 2.64. The highest BCUT2D eigenvalue weighted by atomic mass is 16.6. The number of carbonyl (C=O) groups excluding carboxylic acids is 5. The molecule has 3 aliphatic carbocycles. The third-order valence-corrected chi connectivity index (χ3v) is 12.6. The van der Waals surface area contributed by atoms with Gasteiger partial charge in [-0.25, -0.2) is 14.4 Å². The van der Waals surface area contributed by atoms with Gasteiger partial charge in [-0.2, -0.15) is 0 Å². The van der Waals surface area contributed by atoms with E-state index in [2.05, 4.69) is 5.32 Å². The van der Waals surface area contributed by atoms with Gasteiger partial charge in [-0.15, -0.1) is 0 Å². The number of alkyl carbamates (subject to hydrolysis) is 1. The normalized spacial score (nSPS) is 33.7. The molecule has 11 atom stereocenters. The molecule has 15 nitrogen and oxygen atoms in total. The number of Topliss-reactive ketones (excluding diaryl/α,β-unsaturated/α-hetero) is 1. The fourth-order valence-electron chi connectivity index (χ4n) is 9.54. The van der Waals surface area contributed by atoms with E-state index in [9.17, 15) is 44.4 Å². The van der Waals surface area contributed by atoms with Crippen LogP contribution in [0.5, 0.6) is 0 Å². The van der Waals surface area contributed by atoms with Crippen LogP contribution in [-0.2, 0) is 38.1 Å². The summed E-state index contributed by atoms with van der Waals surface area (Å²) in [7, 11) is 0. The summed E-state index contributed by atoms with van der Waals surface area (Å²) in [5.41, 5.74) is -8.21.